The Hall–Kier alpha value is -1.22. The van der Waals surface area contributed by atoms with Crippen LogP contribution in [0.5, 0.6) is 0 Å². The molecule has 0 aromatic heterocycles. The predicted octanol–water partition coefficient (Wildman–Crippen LogP) is 4.02. The number of guanidine groups is 1. The number of benzene rings is 1. The molecule has 1 saturated heterocycles. The van der Waals surface area contributed by atoms with Gasteiger partial charge in [0.2, 0.25) is 0 Å². The Morgan fingerprint density at radius 3 is 2.43 bits per heavy atom. The number of likely N-dealkylation sites (tertiary alicyclic amines) is 1. The summed E-state index contributed by atoms with van der Waals surface area (Å²) in [6.07, 6.45) is 1.53. The highest BCUT2D eigenvalue weighted by Gasteiger charge is 2.25. The number of amides is 1. The van der Waals surface area contributed by atoms with Gasteiger partial charge in [0, 0.05) is 43.2 Å². The minimum absolute atomic E-state index is 0. The van der Waals surface area contributed by atoms with Crippen LogP contribution in [-0.2, 0) is 10.2 Å². The van der Waals surface area contributed by atoms with E-state index in [4.69, 9.17) is 16.3 Å². The predicted molar refractivity (Wildman–Crippen MR) is 126 cm³/mol. The van der Waals surface area contributed by atoms with Crippen molar-refractivity contribution < 1.29 is 9.53 Å². The molecule has 2 N–H and O–H groups in total. The van der Waals surface area contributed by atoms with Crippen molar-refractivity contribution in [2.24, 2.45) is 4.99 Å². The number of halogens is 2. The molecular weight excluding hydrogens is 491 g/mol. The van der Waals surface area contributed by atoms with Gasteiger partial charge in [-0.2, -0.15) is 0 Å². The number of hydrogen-bond donors (Lipinski definition) is 2. The van der Waals surface area contributed by atoms with Gasteiger partial charge in [0.1, 0.15) is 0 Å². The van der Waals surface area contributed by atoms with E-state index in [1.807, 2.05) is 19.1 Å². The number of rotatable bonds is 5. The van der Waals surface area contributed by atoms with E-state index in [0.717, 1.165) is 30.4 Å². The number of ether oxygens (including phenoxy) is 1. The van der Waals surface area contributed by atoms with E-state index in [-0.39, 0.29) is 35.5 Å². The fourth-order valence-electron chi connectivity index (χ4n) is 3.12. The summed E-state index contributed by atoms with van der Waals surface area (Å²) >= 11 is 5.99. The van der Waals surface area contributed by atoms with E-state index in [9.17, 15) is 4.79 Å². The number of carbonyl (C=O) groups excluding carboxylic acids is 1. The van der Waals surface area contributed by atoms with Gasteiger partial charge >= 0.3 is 6.09 Å². The molecule has 1 aliphatic rings. The summed E-state index contributed by atoms with van der Waals surface area (Å²) in [5.41, 5.74) is 1.16. The third-order valence-corrected chi connectivity index (χ3v) is 5.16. The second kappa shape index (κ2) is 11.7. The van der Waals surface area contributed by atoms with E-state index in [1.54, 1.807) is 11.9 Å². The molecule has 0 spiro atoms. The Labute approximate surface area is 190 Å². The van der Waals surface area contributed by atoms with E-state index in [2.05, 4.69) is 41.6 Å². The first-order valence-corrected chi connectivity index (χ1v) is 9.88. The van der Waals surface area contributed by atoms with Crippen LogP contribution in [0.15, 0.2) is 29.3 Å². The molecule has 158 valence electrons. The number of aliphatic imine (C=N–C) groups is 1. The molecular formula is C20H32ClIN4O2. The lowest BCUT2D eigenvalue weighted by Crippen LogP contribution is -2.51. The van der Waals surface area contributed by atoms with Gasteiger partial charge in [-0.25, -0.2) is 4.79 Å². The van der Waals surface area contributed by atoms with Crippen LogP contribution < -0.4 is 10.6 Å². The molecule has 0 atom stereocenters. The molecule has 0 radical (unpaired) electrons. The van der Waals surface area contributed by atoms with Crippen molar-refractivity contribution in [1.29, 1.82) is 0 Å². The quantitative estimate of drug-likeness (QED) is 0.348. The van der Waals surface area contributed by atoms with Crippen LogP contribution in [0.1, 0.15) is 39.2 Å². The summed E-state index contributed by atoms with van der Waals surface area (Å²) in [7, 11) is 1.78. The van der Waals surface area contributed by atoms with Crippen LogP contribution >= 0.6 is 35.6 Å². The summed E-state index contributed by atoms with van der Waals surface area (Å²) in [5.74, 6) is 0.784. The summed E-state index contributed by atoms with van der Waals surface area (Å²) in [6.45, 7) is 8.76. The maximum absolute atomic E-state index is 11.8. The van der Waals surface area contributed by atoms with Crippen molar-refractivity contribution >= 4 is 47.6 Å². The minimum atomic E-state index is -0.219. The molecule has 2 rings (SSSR count). The fraction of sp³-hybridized carbons (Fsp3) is 0.600. The Morgan fingerprint density at radius 1 is 1.29 bits per heavy atom. The van der Waals surface area contributed by atoms with Gasteiger partial charge in [0.05, 0.1) is 6.61 Å². The van der Waals surface area contributed by atoms with Crippen molar-refractivity contribution in [1.82, 2.24) is 15.5 Å². The molecule has 1 fully saturated rings. The molecule has 0 saturated carbocycles. The highest BCUT2D eigenvalue weighted by atomic mass is 127. The number of nitrogens with one attached hydrogen (secondary N) is 2. The third kappa shape index (κ3) is 7.31. The number of nitrogens with zero attached hydrogens (tertiary/aromatic N) is 2. The zero-order valence-electron chi connectivity index (χ0n) is 17.1. The van der Waals surface area contributed by atoms with Crippen LogP contribution in [0.25, 0.3) is 0 Å². The van der Waals surface area contributed by atoms with Crippen LogP contribution in [-0.4, -0.2) is 56.3 Å². The molecule has 1 aromatic rings. The minimum Gasteiger partial charge on any atom is -0.450 e. The van der Waals surface area contributed by atoms with Crippen molar-refractivity contribution in [3.05, 3.63) is 34.9 Å². The van der Waals surface area contributed by atoms with Crippen molar-refractivity contribution in [3.8, 4) is 0 Å². The van der Waals surface area contributed by atoms with Gasteiger partial charge in [-0.05, 0) is 37.5 Å². The lowest BCUT2D eigenvalue weighted by Gasteiger charge is -2.33. The largest absolute Gasteiger partial charge is 0.450 e. The Morgan fingerprint density at radius 2 is 1.89 bits per heavy atom. The monoisotopic (exact) mass is 522 g/mol. The summed E-state index contributed by atoms with van der Waals surface area (Å²) in [6, 6.07) is 8.25. The van der Waals surface area contributed by atoms with Crippen molar-refractivity contribution in [2.75, 3.05) is 33.3 Å². The normalized spacial score (nSPS) is 15.6. The molecule has 1 amide bonds. The number of carbonyl (C=O) groups is 1. The molecule has 8 heteroatoms. The van der Waals surface area contributed by atoms with Crippen LogP contribution in [0.4, 0.5) is 4.79 Å². The topological polar surface area (TPSA) is 66.0 Å². The van der Waals surface area contributed by atoms with E-state index >= 15 is 0 Å². The van der Waals surface area contributed by atoms with Crippen LogP contribution in [0.2, 0.25) is 5.02 Å². The molecule has 0 unspecified atom stereocenters. The van der Waals surface area contributed by atoms with Gasteiger partial charge in [-0.3, -0.25) is 4.99 Å². The average molecular weight is 523 g/mol. The zero-order valence-corrected chi connectivity index (χ0v) is 20.2. The number of hydrogen-bond acceptors (Lipinski definition) is 3. The lowest BCUT2D eigenvalue weighted by atomic mass is 9.85. The van der Waals surface area contributed by atoms with Crippen molar-refractivity contribution in [2.45, 2.75) is 45.1 Å². The number of piperidine rings is 1. The first-order chi connectivity index (χ1) is 12.9. The molecule has 28 heavy (non-hydrogen) atoms. The first-order valence-electron chi connectivity index (χ1n) is 9.50. The van der Waals surface area contributed by atoms with Gasteiger partial charge in [0.15, 0.2) is 5.96 Å². The SMILES string of the molecule is CCOC(=O)N1CCC(NC(=NC)NCC(C)(C)c2ccc(Cl)cc2)CC1.I. The third-order valence-electron chi connectivity index (χ3n) is 4.91. The first kappa shape index (κ1) is 24.8. The van der Waals surface area contributed by atoms with Crippen LogP contribution in [0, 0.1) is 0 Å². The Kier molecular flexibility index (Phi) is 10.4. The van der Waals surface area contributed by atoms with Crippen LogP contribution in [0.3, 0.4) is 0 Å². The van der Waals surface area contributed by atoms with Crippen molar-refractivity contribution in [3.63, 3.8) is 0 Å². The summed E-state index contributed by atoms with van der Waals surface area (Å²) < 4.78 is 5.07. The summed E-state index contributed by atoms with van der Waals surface area (Å²) in [4.78, 5) is 17.9. The maximum Gasteiger partial charge on any atom is 0.409 e. The maximum atomic E-state index is 11.8. The van der Waals surface area contributed by atoms with Gasteiger partial charge in [0.25, 0.3) is 0 Å². The highest BCUT2D eigenvalue weighted by molar-refractivity contribution is 14.0. The highest BCUT2D eigenvalue weighted by Crippen LogP contribution is 2.23. The second-order valence-corrected chi connectivity index (χ2v) is 7.86. The molecule has 0 aliphatic carbocycles. The van der Waals surface area contributed by atoms with E-state index in [1.165, 1.54) is 5.56 Å². The smallest absolute Gasteiger partial charge is 0.409 e. The Balaban J connectivity index is 0.00000392. The standard InChI is InChI=1S/C20H31ClN4O2.HI/c1-5-27-19(26)25-12-10-17(11-13-25)24-18(22-4)23-14-20(2,3)15-6-8-16(21)9-7-15;/h6-9,17H,5,10-14H2,1-4H3,(H2,22,23,24);1H. The molecule has 1 aromatic carbocycles. The second-order valence-electron chi connectivity index (χ2n) is 7.42. The Bertz CT molecular complexity index is 644. The average Bonchev–Trinajstić information content (AvgIpc) is 2.66. The lowest BCUT2D eigenvalue weighted by molar-refractivity contribution is 0.0963. The van der Waals surface area contributed by atoms with E-state index < -0.39 is 0 Å². The molecule has 0 bridgehead atoms. The fourth-order valence-corrected chi connectivity index (χ4v) is 3.24. The van der Waals surface area contributed by atoms with Gasteiger partial charge < -0.3 is 20.3 Å². The summed E-state index contributed by atoms with van der Waals surface area (Å²) in [5, 5.41) is 7.64. The molecule has 6 nitrogen and oxygen atoms in total. The zero-order chi connectivity index (χ0) is 19.9. The molecule has 1 aliphatic heterocycles. The molecule has 1 heterocycles. The van der Waals surface area contributed by atoms with E-state index in [0.29, 0.717) is 25.7 Å². The van der Waals surface area contributed by atoms with Gasteiger partial charge in [-0.1, -0.05) is 37.6 Å². The van der Waals surface area contributed by atoms with Gasteiger partial charge in [-0.15, -0.1) is 24.0 Å².